The Morgan fingerprint density at radius 2 is 1.96 bits per heavy atom. The molecule has 1 fully saturated rings. The van der Waals surface area contributed by atoms with E-state index in [1.54, 1.807) is 0 Å². The van der Waals surface area contributed by atoms with Gasteiger partial charge in [0.15, 0.2) is 0 Å². The van der Waals surface area contributed by atoms with Gasteiger partial charge in [0.05, 0.1) is 6.54 Å². The summed E-state index contributed by atoms with van der Waals surface area (Å²) in [7, 11) is 1.93. The number of likely N-dealkylation sites (N-methyl/N-ethyl adjacent to an activating group) is 1. The zero-order valence-corrected chi connectivity index (χ0v) is 14.7. The third kappa shape index (κ3) is 5.63. The lowest BCUT2D eigenvalue weighted by Crippen LogP contribution is -2.36. The molecule has 0 saturated carbocycles. The number of aliphatic carboxylic acids is 1. The van der Waals surface area contributed by atoms with Crippen molar-refractivity contribution in [2.45, 2.75) is 51.6 Å². The van der Waals surface area contributed by atoms with Gasteiger partial charge in [0.2, 0.25) is 0 Å². The van der Waals surface area contributed by atoms with Crippen LogP contribution in [0, 0.1) is 0 Å². The highest BCUT2D eigenvalue weighted by Gasteiger charge is 2.21. The van der Waals surface area contributed by atoms with E-state index in [0.717, 1.165) is 38.9 Å². The molecule has 2 rings (SSSR count). The maximum atomic E-state index is 10.9. The molecule has 1 aliphatic heterocycles. The van der Waals surface area contributed by atoms with Gasteiger partial charge in [-0.15, -0.1) is 0 Å². The average Bonchev–Trinajstić information content (AvgIpc) is 2.73. The molecule has 4 nitrogen and oxygen atoms in total. The Hall–Kier alpha value is -1.39. The molecule has 1 aliphatic rings. The molecule has 0 spiro atoms. The van der Waals surface area contributed by atoms with Gasteiger partial charge in [0.1, 0.15) is 0 Å². The van der Waals surface area contributed by atoms with Gasteiger partial charge in [-0.3, -0.25) is 14.6 Å². The molecular weight excluding hydrogens is 288 g/mol. The van der Waals surface area contributed by atoms with E-state index in [1.807, 2.05) is 11.9 Å². The average molecular weight is 318 g/mol. The smallest absolute Gasteiger partial charge is 0.317 e. The minimum absolute atomic E-state index is 0.140. The van der Waals surface area contributed by atoms with Gasteiger partial charge < -0.3 is 5.11 Å². The van der Waals surface area contributed by atoms with E-state index >= 15 is 0 Å². The first-order chi connectivity index (χ1) is 11.0. The molecule has 1 saturated heterocycles. The summed E-state index contributed by atoms with van der Waals surface area (Å²) in [6.07, 6.45) is 3.28. The maximum absolute atomic E-state index is 10.9. The number of hydrogen-bond acceptors (Lipinski definition) is 3. The minimum Gasteiger partial charge on any atom is -0.480 e. The van der Waals surface area contributed by atoms with E-state index in [-0.39, 0.29) is 6.54 Å². The Balaban J connectivity index is 1.86. The van der Waals surface area contributed by atoms with Crippen molar-refractivity contribution >= 4 is 5.97 Å². The van der Waals surface area contributed by atoms with Crippen molar-refractivity contribution in [1.29, 1.82) is 0 Å². The Morgan fingerprint density at radius 3 is 2.57 bits per heavy atom. The third-order valence-electron chi connectivity index (χ3n) is 4.85. The summed E-state index contributed by atoms with van der Waals surface area (Å²) in [4.78, 5) is 15.4. The lowest BCUT2D eigenvalue weighted by atomic mass is 10.0. The summed E-state index contributed by atoms with van der Waals surface area (Å²) >= 11 is 0. The molecule has 0 aromatic heterocycles. The molecule has 128 valence electrons. The van der Waals surface area contributed by atoms with E-state index in [0.29, 0.717) is 12.0 Å². The van der Waals surface area contributed by atoms with E-state index < -0.39 is 5.97 Å². The molecule has 1 unspecified atom stereocenters. The molecule has 1 aromatic rings. The second-order valence-corrected chi connectivity index (χ2v) is 7.07. The van der Waals surface area contributed by atoms with E-state index in [1.165, 1.54) is 11.1 Å². The van der Waals surface area contributed by atoms with Gasteiger partial charge in [-0.25, -0.2) is 0 Å². The highest BCUT2D eigenvalue weighted by Crippen LogP contribution is 2.19. The Bertz CT molecular complexity index is 499. The molecule has 0 amide bonds. The van der Waals surface area contributed by atoms with Gasteiger partial charge in [-0.05, 0) is 56.4 Å². The van der Waals surface area contributed by atoms with Crippen molar-refractivity contribution in [3.8, 4) is 0 Å². The summed E-state index contributed by atoms with van der Waals surface area (Å²) in [6.45, 7) is 7.72. The molecule has 0 bridgehead atoms. The summed E-state index contributed by atoms with van der Waals surface area (Å²) in [5, 5.41) is 8.94. The fourth-order valence-corrected chi connectivity index (χ4v) is 3.35. The first-order valence-corrected chi connectivity index (χ1v) is 8.69. The lowest BCUT2D eigenvalue weighted by molar-refractivity contribution is -0.138. The molecule has 1 atom stereocenters. The Kier molecular flexibility index (Phi) is 6.60. The van der Waals surface area contributed by atoms with Crippen LogP contribution >= 0.6 is 0 Å². The Labute approximate surface area is 140 Å². The quantitative estimate of drug-likeness (QED) is 0.875. The Morgan fingerprint density at radius 1 is 1.26 bits per heavy atom. The predicted octanol–water partition coefficient (Wildman–Crippen LogP) is 3.18. The van der Waals surface area contributed by atoms with Crippen molar-refractivity contribution in [3.05, 3.63) is 35.4 Å². The van der Waals surface area contributed by atoms with Crippen LogP contribution in [0.3, 0.4) is 0 Å². The number of likely N-dealkylation sites (tertiary alicyclic amines) is 1. The summed E-state index contributed by atoms with van der Waals surface area (Å²) < 4.78 is 0. The first-order valence-electron chi connectivity index (χ1n) is 8.69. The molecular formula is C19H30N2O2. The zero-order valence-electron chi connectivity index (χ0n) is 14.7. The van der Waals surface area contributed by atoms with Gasteiger partial charge in [0, 0.05) is 12.6 Å². The largest absolute Gasteiger partial charge is 0.480 e. The van der Waals surface area contributed by atoms with Crippen molar-refractivity contribution in [2.24, 2.45) is 0 Å². The van der Waals surface area contributed by atoms with Crippen LogP contribution in [0.1, 0.15) is 50.2 Å². The third-order valence-corrected chi connectivity index (χ3v) is 4.85. The molecule has 0 aliphatic carbocycles. The number of carboxylic acids is 1. The van der Waals surface area contributed by atoms with Crippen LogP contribution in [0.4, 0.5) is 0 Å². The molecule has 23 heavy (non-hydrogen) atoms. The first kappa shape index (κ1) is 18.0. The summed E-state index contributed by atoms with van der Waals surface area (Å²) in [5.74, 6) is -0.161. The number of nitrogens with zero attached hydrogens (tertiary/aromatic N) is 2. The van der Waals surface area contributed by atoms with E-state index in [2.05, 4.69) is 43.0 Å². The van der Waals surface area contributed by atoms with Crippen molar-refractivity contribution < 1.29 is 9.90 Å². The van der Waals surface area contributed by atoms with Crippen LogP contribution in [0.5, 0.6) is 0 Å². The zero-order chi connectivity index (χ0) is 16.8. The second-order valence-electron chi connectivity index (χ2n) is 7.07. The topological polar surface area (TPSA) is 43.8 Å². The van der Waals surface area contributed by atoms with Crippen LogP contribution < -0.4 is 0 Å². The summed E-state index contributed by atoms with van der Waals surface area (Å²) in [5.41, 5.74) is 2.76. The summed E-state index contributed by atoms with van der Waals surface area (Å²) in [6, 6.07) is 9.35. The van der Waals surface area contributed by atoms with Crippen LogP contribution in [-0.4, -0.2) is 53.6 Å². The minimum atomic E-state index is -0.737. The van der Waals surface area contributed by atoms with E-state index in [4.69, 9.17) is 5.11 Å². The van der Waals surface area contributed by atoms with Crippen molar-refractivity contribution in [1.82, 2.24) is 9.80 Å². The fourth-order valence-electron chi connectivity index (χ4n) is 3.35. The molecule has 0 radical (unpaired) electrons. The van der Waals surface area contributed by atoms with Crippen LogP contribution in [-0.2, 0) is 11.3 Å². The lowest BCUT2D eigenvalue weighted by Gasteiger charge is -2.25. The predicted molar refractivity (Wildman–Crippen MR) is 93.7 cm³/mol. The van der Waals surface area contributed by atoms with Crippen LogP contribution in [0.25, 0.3) is 0 Å². The number of carbonyl (C=O) groups is 1. The SMILES string of the molecule is CC(C)c1ccc(CN2CCCC(N(C)CC(=O)O)CC2)cc1. The molecule has 1 aromatic carbocycles. The standard InChI is InChI=1S/C19H30N2O2/c1-15(2)17-8-6-16(7-9-17)13-21-11-4-5-18(10-12-21)20(3)14-19(22)23/h6-9,15,18H,4-5,10-14H2,1-3H3,(H,22,23). The van der Waals surface area contributed by atoms with Crippen molar-refractivity contribution in [3.63, 3.8) is 0 Å². The normalized spacial score (nSPS) is 20.0. The van der Waals surface area contributed by atoms with Gasteiger partial charge in [-0.2, -0.15) is 0 Å². The van der Waals surface area contributed by atoms with Crippen LogP contribution in [0.15, 0.2) is 24.3 Å². The molecule has 1 N–H and O–H groups in total. The highest BCUT2D eigenvalue weighted by atomic mass is 16.4. The van der Waals surface area contributed by atoms with Gasteiger partial charge >= 0.3 is 5.97 Å². The molecule has 4 heteroatoms. The van der Waals surface area contributed by atoms with Crippen LogP contribution in [0.2, 0.25) is 0 Å². The maximum Gasteiger partial charge on any atom is 0.317 e. The number of benzene rings is 1. The van der Waals surface area contributed by atoms with Gasteiger partial charge in [-0.1, -0.05) is 38.1 Å². The van der Waals surface area contributed by atoms with Gasteiger partial charge in [0.25, 0.3) is 0 Å². The van der Waals surface area contributed by atoms with E-state index in [9.17, 15) is 4.79 Å². The monoisotopic (exact) mass is 318 g/mol. The second kappa shape index (κ2) is 8.46. The number of carboxylic acid groups (broad SMARTS) is 1. The number of hydrogen-bond donors (Lipinski definition) is 1. The van der Waals surface area contributed by atoms with Crippen molar-refractivity contribution in [2.75, 3.05) is 26.7 Å². The fraction of sp³-hybridized carbons (Fsp3) is 0.632. The molecule has 1 heterocycles. The highest BCUT2D eigenvalue weighted by molar-refractivity contribution is 5.69. The number of rotatable bonds is 6.